The van der Waals surface area contributed by atoms with Crippen molar-refractivity contribution in [2.24, 2.45) is 0 Å². The van der Waals surface area contributed by atoms with Crippen LogP contribution in [0.4, 0.5) is 4.39 Å². The maximum absolute atomic E-state index is 13.4. The standard InChI is InChI=1S/C14H9Br2FO2/c15-9-5-6-14(11(16)7-9)19-8-13(18)10-3-1-2-4-12(10)17/h1-7H,8H2. The van der Waals surface area contributed by atoms with Crippen LogP contribution < -0.4 is 4.74 Å². The molecule has 19 heavy (non-hydrogen) atoms. The lowest BCUT2D eigenvalue weighted by atomic mass is 10.1. The average molecular weight is 388 g/mol. The van der Waals surface area contributed by atoms with Crippen LogP contribution in [0.25, 0.3) is 0 Å². The zero-order chi connectivity index (χ0) is 13.8. The van der Waals surface area contributed by atoms with E-state index in [1.54, 1.807) is 18.2 Å². The molecule has 0 saturated heterocycles. The first-order chi connectivity index (χ1) is 9.08. The highest BCUT2D eigenvalue weighted by molar-refractivity contribution is 9.11. The fourth-order valence-corrected chi connectivity index (χ4v) is 2.66. The van der Waals surface area contributed by atoms with Crippen LogP contribution in [0.1, 0.15) is 10.4 Å². The second-order valence-corrected chi connectivity index (χ2v) is 5.54. The molecule has 0 spiro atoms. The number of Topliss-reactive ketones (excluding diaryl/α,β-unsaturated/α-hetero) is 1. The van der Waals surface area contributed by atoms with E-state index in [1.165, 1.54) is 18.2 Å². The van der Waals surface area contributed by atoms with Gasteiger partial charge in [0.15, 0.2) is 6.61 Å². The van der Waals surface area contributed by atoms with Gasteiger partial charge in [-0.05, 0) is 46.3 Å². The third-order valence-corrected chi connectivity index (χ3v) is 3.54. The summed E-state index contributed by atoms with van der Waals surface area (Å²) >= 11 is 6.65. The maximum atomic E-state index is 13.4. The van der Waals surface area contributed by atoms with Crippen molar-refractivity contribution >= 4 is 37.6 Å². The van der Waals surface area contributed by atoms with Crippen LogP contribution in [-0.2, 0) is 0 Å². The van der Waals surface area contributed by atoms with Crippen LogP contribution in [0.15, 0.2) is 51.4 Å². The molecule has 0 aliphatic rings. The summed E-state index contributed by atoms with van der Waals surface area (Å²) in [6.07, 6.45) is 0. The molecule has 0 saturated carbocycles. The fraction of sp³-hybridized carbons (Fsp3) is 0.0714. The van der Waals surface area contributed by atoms with Gasteiger partial charge in [-0.2, -0.15) is 0 Å². The fourth-order valence-electron chi connectivity index (χ4n) is 1.50. The molecule has 0 aromatic heterocycles. The number of hydrogen-bond acceptors (Lipinski definition) is 2. The Kier molecular flexibility index (Phi) is 4.71. The minimum atomic E-state index is -0.536. The van der Waals surface area contributed by atoms with Crippen LogP contribution in [0.2, 0.25) is 0 Å². The molecule has 0 aliphatic heterocycles. The Morgan fingerprint density at radius 2 is 1.89 bits per heavy atom. The van der Waals surface area contributed by atoms with Gasteiger partial charge in [-0.15, -0.1) is 0 Å². The molecule has 2 aromatic carbocycles. The molecule has 2 nitrogen and oxygen atoms in total. The summed E-state index contributed by atoms with van der Waals surface area (Å²) in [6.45, 7) is -0.207. The highest BCUT2D eigenvalue weighted by Gasteiger charge is 2.12. The zero-order valence-corrected chi connectivity index (χ0v) is 12.9. The van der Waals surface area contributed by atoms with E-state index < -0.39 is 11.6 Å². The quantitative estimate of drug-likeness (QED) is 0.716. The molecule has 0 fully saturated rings. The topological polar surface area (TPSA) is 26.3 Å². The molecule has 0 radical (unpaired) electrons. The summed E-state index contributed by atoms with van der Waals surface area (Å²) in [7, 11) is 0. The molecule has 0 N–H and O–H groups in total. The van der Waals surface area contributed by atoms with E-state index in [9.17, 15) is 9.18 Å². The maximum Gasteiger partial charge on any atom is 0.203 e. The first kappa shape index (κ1) is 14.2. The zero-order valence-electron chi connectivity index (χ0n) is 9.70. The van der Waals surface area contributed by atoms with Gasteiger partial charge in [-0.1, -0.05) is 28.1 Å². The minimum Gasteiger partial charge on any atom is -0.484 e. The Labute approximate surface area is 126 Å². The molecule has 2 rings (SSSR count). The summed E-state index contributed by atoms with van der Waals surface area (Å²) in [6, 6.07) is 11.2. The van der Waals surface area contributed by atoms with Crippen LogP contribution >= 0.6 is 31.9 Å². The summed E-state index contributed by atoms with van der Waals surface area (Å²) in [5, 5.41) is 0. The molecule has 98 valence electrons. The van der Waals surface area contributed by atoms with Gasteiger partial charge in [0.05, 0.1) is 10.0 Å². The normalized spacial score (nSPS) is 10.3. The largest absolute Gasteiger partial charge is 0.484 e. The van der Waals surface area contributed by atoms with E-state index in [4.69, 9.17) is 4.74 Å². The first-order valence-electron chi connectivity index (χ1n) is 5.43. The van der Waals surface area contributed by atoms with Crippen LogP contribution in [0, 0.1) is 5.82 Å². The second-order valence-electron chi connectivity index (χ2n) is 3.77. The molecule has 0 atom stereocenters. The number of ketones is 1. The Bertz CT molecular complexity index is 614. The van der Waals surface area contributed by atoms with Crippen LogP contribution in [0.3, 0.4) is 0 Å². The predicted molar refractivity (Wildman–Crippen MR) is 78.1 cm³/mol. The van der Waals surface area contributed by atoms with Crippen molar-refractivity contribution in [1.82, 2.24) is 0 Å². The third-order valence-electron chi connectivity index (χ3n) is 2.43. The lowest BCUT2D eigenvalue weighted by Crippen LogP contribution is -2.13. The van der Waals surface area contributed by atoms with Gasteiger partial charge in [0.1, 0.15) is 11.6 Å². The summed E-state index contributed by atoms with van der Waals surface area (Å²) in [5.41, 5.74) is 0.0377. The summed E-state index contributed by atoms with van der Waals surface area (Å²) < 4.78 is 20.4. The molecular weight excluding hydrogens is 379 g/mol. The molecule has 0 heterocycles. The van der Waals surface area contributed by atoms with E-state index in [0.29, 0.717) is 5.75 Å². The summed E-state index contributed by atoms with van der Waals surface area (Å²) in [5.74, 6) is -0.397. The minimum absolute atomic E-state index is 0.0377. The van der Waals surface area contributed by atoms with Gasteiger partial charge in [-0.3, -0.25) is 4.79 Å². The van der Waals surface area contributed by atoms with Gasteiger partial charge in [0.25, 0.3) is 0 Å². The molecule has 2 aromatic rings. The van der Waals surface area contributed by atoms with Gasteiger partial charge in [-0.25, -0.2) is 4.39 Å². The predicted octanol–water partition coefficient (Wildman–Crippen LogP) is 4.61. The lowest BCUT2D eigenvalue weighted by molar-refractivity contribution is 0.0917. The Hall–Kier alpha value is -1.20. The van der Waals surface area contributed by atoms with Crippen molar-refractivity contribution in [2.75, 3.05) is 6.61 Å². The van der Waals surface area contributed by atoms with E-state index in [-0.39, 0.29) is 12.2 Å². The van der Waals surface area contributed by atoms with Crippen LogP contribution in [0.5, 0.6) is 5.75 Å². The van der Waals surface area contributed by atoms with Crippen molar-refractivity contribution < 1.29 is 13.9 Å². The lowest BCUT2D eigenvalue weighted by Gasteiger charge is -2.08. The Morgan fingerprint density at radius 1 is 1.16 bits per heavy atom. The number of carbonyl (C=O) groups is 1. The van der Waals surface area contributed by atoms with E-state index in [2.05, 4.69) is 31.9 Å². The smallest absolute Gasteiger partial charge is 0.203 e. The highest BCUT2D eigenvalue weighted by atomic mass is 79.9. The average Bonchev–Trinajstić information content (AvgIpc) is 2.38. The number of ether oxygens (including phenoxy) is 1. The third kappa shape index (κ3) is 3.64. The van der Waals surface area contributed by atoms with Gasteiger partial charge >= 0.3 is 0 Å². The second kappa shape index (κ2) is 6.30. The van der Waals surface area contributed by atoms with Gasteiger partial charge in [0.2, 0.25) is 5.78 Å². The Balaban J connectivity index is 2.07. The van der Waals surface area contributed by atoms with Gasteiger partial charge in [0, 0.05) is 4.47 Å². The van der Waals surface area contributed by atoms with Crippen molar-refractivity contribution in [3.8, 4) is 5.75 Å². The molecular formula is C14H9Br2FO2. The number of benzene rings is 2. The first-order valence-corrected chi connectivity index (χ1v) is 7.02. The van der Waals surface area contributed by atoms with Crippen molar-refractivity contribution in [3.05, 3.63) is 62.8 Å². The molecule has 5 heteroatoms. The monoisotopic (exact) mass is 386 g/mol. The van der Waals surface area contributed by atoms with Gasteiger partial charge < -0.3 is 4.74 Å². The molecule has 0 unspecified atom stereocenters. The van der Waals surface area contributed by atoms with E-state index >= 15 is 0 Å². The van der Waals surface area contributed by atoms with E-state index in [1.807, 2.05) is 6.07 Å². The number of rotatable bonds is 4. The van der Waals surface area contributed by atoms with Crippen LogP contribution in [-0.4, -0.2) is 12.4 Å². The SMILES string of the molecule is O=C(COc1ccc(Br)cc1Br)c1ccccc1F. The van der Waals surface area contributed by atoms with E-state index in [0.717, 1.165) is 8.95 Å². The van der Waals surface area contributed by atoms with Crippen molar-refractivity contribution in [2.45, 2.75) is 0 Å². The number of hydrogen-bond donors (Lipinski definition) is 0. The highest BCUT2D eigenvalue weighted by Crippen LogP contribution is 2.28. The van der Waals surface area contributed by atoms with Crippen molar-refractivity contribution in [1.29, 1.82) is 0 Å². The number of carbonyl (C=O) groups excluding carboxylic acids is 1. The summed E-state index contributed by atoms with van der Waals surface area (Å²) in [4.78, 5) is 11.8. The molecule has 0 aliphatic carbocycles. The molecule has 0 amide bonds. The van der Waals surface area contributed by atoms with Crippen molar-refractivity contribution in [3.63, 3.8) is 0 Å². The molecule has 0 bridgehead atoms. The Morgan fingerprint density at radius 3 is 2.58 bits per heavy atom. The number of halogens is 3.